The van der Waals surface area contributed by atoms with Crippen molar-refractivity contribution in [2.24, 2.45) is 4.99 Å². The van der Waals surface area contributed by atoms with E-state index in [-0.39, 0.29) is 5.75 Å². The number of benzene rings is 2. The summed E-state index contributed by atoms with van der Waals surface area (Å²) in [6.45, 7) is 0.845. The molecule has 94 valence electrons. The van der Waals surface area contributed by atoms with Crippen molar-refractivity contribution in [3.8, 4) is 5.75 Å². The van der Waals surface area contributed by atoms with Crippen LogP contribution in [0.25, 0.3) is 0 Å². The summed E-state index contributed by atoms with van der Waals surface area (Å²) in [5.74, 6) is 0.276. The smallest absolute Gasteiger partial charge is 0.117 e. The van der Waals surface area contributed by atoms with Crippen LogP contribution in [-0.2, 0) is 13.0 Å². The maximum atomic E-state index is 9.55. The minimum atomic E-state index is 0.276. The first-order chi connectivity index (χ1) is 9.31. The number of phenolic OH excluding ortho intramolecular Hbond substituents is 1. The Labute approximate surface area is 111 Å². The molecule has 0 fully saturated rings. The lowest BCUT2D eigenvalue weighted by Crippen LogP contribution is -2.31. The molecule has 0 bridgehead atoms. The fourth-order valence-electron chi connectivity index (χ4n) is 2.97. The lowest BCUT2D eigenvalue weighted by atomic mass is 10.1. The van der Waals surface area contributed by atoms with E-state index in [1.807, 2.05) is 12.3 Å². The molecule has 1 atom stereocenters. The van der Waals surface area contributed by atoms with Crippen LogP contribution in [0.3, 0.4) is 0 Å². The number of aromatic hydroxyl groups is 1. The normalized spacial score (nSPS) is 19.6. The van der Waals surface area contributed by atoms with Crippen LogP contribution in [0.1, 0.15) is 11.1 Å². The molecule has 0 saturated heterocycles. The molecule has 19 heavy (non-hydrogen) atoms. The van der Waals surface area contributed by atoms with Crippen molar-refractivity contribution in [3.05, 3.63) is 53.6 Å². The Hall–Kier alpha value is -2.29. The van der Waals surface area contributed by atoms with Gasteiger partial charge >= 0.3 is 0 Å². The quantitative estimate of drug-likeness (QED) is 0.780. The van der Waals surface area contributed by atoms with Gasteiger partial charge < -0.3 is 10.0 Å². The Morgan fingerprint density at radius 2 is 2.00 bits per heavy atom. The average Bonchev–Trinajstić information content (AvgIpc) is 2.67. The van der Waals surface area contributed by atoms with Crippen LogP contribution >= 0.6 is 0 Å². The topological polar surface area (TPSA) is 35.8 Å². The fraction of sp³-hybridized carbons (Fsp3) is 0.188. The standard InChI is InChI=1S/C16H14N2O/c19-14-6-5-12-10-18-13(9-17-15(12)8-14)7-11-3-1-2-4-16(11)18/h1-6,8-9,13,19H,7,10H2/t13-/m0/s1. The van der Waals surface area contributed by atoms with E-state index in [0.717, 1.165) is 24.2 Å². The van der Waals surface area contributed by atoms with E-state index in [9.17, 15) is 5.11 Å². The second-order valence-electron chi connectivity index (χ2n) is 5.12. The summed E-state index contributed by atoms with van der Waals surface area (Å²) in [5, 5.41) is 9.55. The number of hydrogen-bond acceptors (Lipinski definition) is 3. The molecule has 0 aromatic heterocycles. The summed E-state index contributed by atoms with van der Waals surface area (Å²) in [5.41, 5.74) is 4.74. The molecule has 4 rings (SSSR count). The van der Waals surface area contributed by atoms with Gasteiger partial charge in [0, 0.05) is 24.5 Å². The molecule has 0 saturated carbocycles. The predicted molar refractivity (Wildman–Crippen MR) is 76.4 cm³/mol. The second kappa shape index (κ2) is 3.85. The highest BCUT2D eigenvalue weighted by atomic mass is 16.3. The van der Waals surface area contributed by atoms with E-state index in [0.29, 0.717) is 6.04 Å². The van der Waals surface area contributed by atoms with Crippen molar-refractivity contribution < 1.29 is 5.11 Å². The molecular weight excluding hydrogens is 236 g/mol. The zero-order valence-corrected chi connectivity index (χ0v) is 10.5. The number of para-hydroxylation sites is 1. The molecule has 0 unspecified atom stereocenters. The largest absolute Gasteiger partial charge is 0.508 e. The van der Waals surface area contributed by atoms with Crippen molar-refractivity contribution in [1.82, 2.24) is 0 Å². The van der Waals surface area contributed by atoms with E-state index >= 15 is 0 Å². The first-order valence-electron chi connectivity index (χ1n) is 6.52. The molecule has 0 aliphatic carbocycles. The molecule has 0 amide bonds. The third-order valence-corrected chi connectivity index (χ3v) is 3.93. The maximum absolute atomic E-state index is 9.55. The molecule has 2 heterocycles. The summed E-state index contributed by atoms with van der Waals surface area (Å²) in [6, 6.07) is 14.3. The van der Waals surface area contributed by atoms with Gasteiger partial charge in [-0.3, -0.25) is 4.99 Å². The van der Waals surface area contributed by atoms with Gasteiger partial charge in [-0.1, -0.05) is 24.3 Å². The van der Waals surface area contributed by atoms with E-state index < -0.39 is 0 Å². The minimum absolute atomic E-state index is 0.276. The van der Waals surface area contributed by atoms with Crippen molar-refractivity contribution in [1.29, 1.82) is 0 Å². The van der Waals surface area contributed by atoms with Gasteiger partial charge in [-0.15, -0.1) is 0 Å². The number of nitrogens with zero attached hydrogens (tertiary/aromatic N) is 2. The van der Waals surface area contributed by atoms with Gasteiger partial charge in [-0.05, 0) is 29.7 Å². The first kappa shape index (κ1) is 10.6. The van der Waals surface area contributed by atoms with E-state index in [1.54, 1.807) is 12.1 Å². The number of rotatable bonds is 0. The molecule has 2 aromatic rings. The lowest BCUT2D eigenvalue weighted by Gasteiger charge is -2.23. The number of anilines is 1. The van der Waals surface area contributed by atoms with Gasteiger partial charge in [-0.25, -0.2) is 0 Å². The van der Waals surface area contributed by atoms with Crippen LogP contribution in [-0.4, -0.2) is 17.4 Å². The molecule has 0 radical (unpaired) electrons. The van der Waals surface area contributed by atoms with Crippen molar-refractivity contribution in [2.75, 3.05) is 4.90 Å². The minimum Gasteiger partial charge on any atom is -0.508 e. The van der Waals surface area contributed by atoms with Gasteiger partial charge in [0.25, 0.3) is 0 Å². The summed E-state index contributed by atoms with van der Waals surface area (Å²) >= 11 is 0. The zero-order valence-electron chi connectivity index (χ0n) is 10.5. The van der Waals surface area contributed by atoms with Crippen molar-refractivity contribution in [3.63, 3.8) is 0 Å². The van der Waals surface area contributed by atoms with E-state index in [2.05, 4.69) is 34.2 Å². The van der Waals surface area contributed by atoms with E-state index in [4.69, 9.17) is 0 Å². The summed E-state index contributed by atoms with van der Waals surface area (Å²) in [4.78, 5) is 6.94. The van der Waals surface area contributed by atoms with Gasteiger partial charge in [0.15, 0.2) is 0 Å². The highest BCUT2D eigenvalue weighted by Gasteiger charge is 2.29. The van der Waals surface area contributed by atoms with Crippen molar-refractivity contribution >= 4 is 17.6 Å². The Morgan fingerprint density at radius 1 is 1.11 bits per heavy atom. The Kier molecular flexibility index (Phi) is 2.15. The monoisotopic (exact) mass is 250 g/mol. The zero-order chi connectivity index (χ0) is 12.8. The van der Waals surface area contributed by atoms with Gasteiger partial charge in [0.1, 0.15) is 5.75 Å². The first-order valence-corrected chi connectivity index (χ1v) is 6.52. The van der Waals surface area contributed by atoms with Crippen molar-refractivity contribution in [2.45, 2.75) is 19.0 Å². The SMILES string of the molecule is Oc1ccc2c(c1)N=C[C@@H]1Cc3ccccc3N1C2. The summed E-state index contributed by atoms with van der Waals surface area (Å²) in [7, 11) is 0. The van der Waals surface area contributed by atoms with Crippen LogP contribution in [0.15, 0.2) is 47.5 Å². The maximum Gasteiger partial charge on any atom is 0.117 e. The molecule has 0 spiro atoms. The van der Waals surface area contributed by atoms with Gasteiger partial charge in [0.2, 0.25) is 0 Å². The molecule has 2 aliphatic heterocycles. The summed E-state index contributed by atoms with van der Waals surface area (Å²) < 4.78 is 0. The average molecular weight is 250 g/mol. The Bertz CT molecular complexity index is 678. The lowest BCUT2D eigenvalue weighted by molar-refractivity contribution is 0.475. The van der Waals surface area contributed by atoms with Gasteiger partial charge in [-0.2, -0.15) is 0 Å². The van der Waals surface area contributed by atoms with Crippen LogP contribution < -0.4 is 4.90 Å². The van der Waals surface area contributed by atoms with E-state index in [1.165, 1.54) is 11.3 Å². The Morgan fingerprint density at radius 3 is 2.95 bits per heavy atom. The second-order valence-corrected chi connectivity index (χ2v) is 5.12. The molecule has 3 heteroatoms. The number of phenols is 1. The van der Waals surface area contributed by atoms with Crippen LogP contribution in [0, 0.1) is 0 Å². The third kappa shape index (κ3) is 1.62. The van der Waals surface area contributed by atoms with Crippen LogP contribution in [0.5, 0.6) is 5.75 Å². The number of fused-ring (bicyclic) bond motifs is 4. The fourth-order valence-corrected chi connectivity index (χ4v) is 2.97. The predicted octanol–water partition coefficient (Wildman–Crippen LogP) is 3.04. The van der Waals surface area contributed by atoms with Crippen LogP contribution in [0.2, 0.25) is 0 Å². The highest BCUT2D eigenvalue weighted by molar-refractivity contribution is 5.81. The van der Waals surface area contributed by atoms with Crippen LogP contribution in [0.4, 0.5) is 11.4 Å². The molecule has 1 N–H and O–H groups in total. The third-order valence-electron chi connectivity index (χ3n) is 3.93. The number of hydrogen-bond donors (Lipinski definition) is 1. The molecule has 3 nitrogen and oxygen atoms in total. The molecule has 2 aromatic carbocycles. The Balaban J connectivity index is 1.81. The number of aliphatic imine (C=N–C) groups is 1. The van der Waals surface area contributed by atoms with Gasteiger partial charge in [0.05, 0.1) is 11.7 Å². The summed E-state index contributed by atoms with van der Waals surface area (Å²) in [6.07, 6.45) is 3.02. The molecule has 2 aliphatic rings. The molecular formula is C16H14N2O. The highest BCUT2D eigenvalue weighted by Crippen LogP contribution is 2.37.